The largest absolute Gasteiger partial charge is 0.338 e. The van der Waals surface area contributed by atoms with Crippen molar-refractivity contribution in [2.75, 3.05) is 13.1 Å². The van der Waals surface area contributed by atoms with E-state index in [9.17, 15) is 9.18 Å². The van der Waals surface area contributed by atoms with Crippen molar-refractivity contribution in [1.82, 2.24) is 4.90 Å². The van der Waals surface area contributed by atoms with Crippen molar-refractivity contribution in [3.63, 3.8) is 0 Å². The molecule has 0 unspecified atom stereocenters. The third-order valence-electron chi connectivity index (χ3n) is 3.28. The fourth-order valence-electron chi connectivity index (χ4n) is 2.37. The van der Waals surface area contributed by atoms with Crippen molar-refractivity contribution >= 4 is 5.91 Å². The summed E-state index contributed by atoms with van der Waals surface area (Å²) in [6, 6.07) is 5.78. The van der Waals surface area contributed by atoms with Gasteiger partial charge in [0.1, 0.15) is 5.82 Å². The highest BCUT2D eigenvalue weighted by Gasteiger charge is 2.29. The van der Waals surface area contributed by atoms with E-state index >= 15 is 0 Å². The van der Waals surface area contributed by atoms with Gasteiger partial charge in [0.15, 0.2) is 0 Å². The van der Waals surface area contributed by atoms with E-state index in [0.717, 1.165) is 25.9 Å². The molecule has 0 saturated carbocycles. The quantitative estimate of drug-likeness (QED) is 0.732. The van der Waals surface area contributed by atoms with Crippen LogP contribution in [0.2, 0.25) is 0 Å². The number of carbonyl (C=O) groups is 1. The number of hydrogen-bond acceptors (Lipinski definition) is 1. The summed E-state index contributed by atoms with van der Waals surface area (Å²) in [5.41, 5.74) is 0.762. The Morgan fingerprint density at radius 1 is 1.29 bits per heavy atom. The number of benzene rings is 1. The fraction of sp³-hybridized carbons (Fsp3) is 0.500. The monoisotopic (exact) mass is 235 g/mol. The van der Waals surface area contributed by atoms with Crippen LogP contribution in [0.25, 0.3) is 0 Å². The normalized spacial score (nSPS) is 19.1. The van der Waals surface area contributed by atoms with Gasteiger partial charge in [-0.25, -0.2) is 4.39 Å². The molecule has 0 aliphatic carbocycles. The molecule has 3 heteroatoms. The molecule has 1 fully saturated rings. The van der Waals surface area contributed by atoms with E-state index in [1.165, 1.54) is 12.1 Å². The second kappa shape index (κ2) is 4.47. The number of likely N-dealkylation sites (tertiary alicyclic amines) is 1. The maximum atomic E-state index is 12.8. The van der Waals surface area contributed by atoms with Crippen LogP contribution in [0.3, 0.4) is 0 Å². The number of rotatable bonds is 1. The molecule has 0 spiro atoms. The number of amides is 1. The zero-order chi connectivity index (χ0) is 12.5. The molecule has 0 aromatic heterocycles. The van der Waals surface area contributed by atoms with Crippen LogP contribution < -0.4 is 0 Å². The molecule has 0 bridgehead atoms. The van der Waals surface area contributed by atoms with Gasteiger partial charge in [-0.1, -0.05) is 13.8 Å². The second-order valence-electron chi connectivity index (χ2n) is 5.50. The summed E-state index contributed by atoms with van der Waals surface area (Å²) in [6.07, 6.45) is 2.19. The highest BCUT2D eigenvalue weighted by atomic mass is 19.1. The first-order valence-electron chi connectivity index (χ1n) is 6.03. The molecular formula is C14H18FNO. The SMILES string of the molecule is CC1(C)CCCN(C(=O)c2ccc(F)cc2)C1. The number of hydrogen-bond donors (Lipinski definition) is 0. The maximum Gasteiger partial charge on any atom is 0.253 e. The average molecular weight is 235 g/mol. The summed E-state index contributed by atoms with van der Waals surface area (Å²) in [7, 11) is 0. The van der Waals surface area contributed by atoms with E-state index in [-0.39, 0.29) is 17.1 Å². The number of piperidine rings is 1. The minimum Gasteiger partial charge on any atom is -0.338 e. The van der Waals surface area contributed by atoms with E-state index < -0.39 is 0 Å². The van der Waals surface area contributed by atoms with Crippen molar-refractivity contribution < 1.29 is 9.18 Å². The molecule has 2 rings (SSSR count). The zero-order valence-corrected chi connectivity index (χ0v) is 10.4. The average Bonchev–Trinajstić information content (AvgIpc) is 2.28. The van der Waals surface area contributed by atoms with Gasteiger partial charge in [-0.2, -0.15) is 0 Å². The molecule has 1 saturated heterocycles. The Morgan fingerprint density at radius 3 is 2.53 bits per heavy atom. The topological polar surface area (TPSA) is 20.3 Å². The molecule has 0 radical (unpaired) electrons. The first-order valence-corrected chi connectivity index (χ1v) is 6.03. The van der Waals surface area contributed by atoms with E-state index in [1.807, 2.05) is 4.90 Å². The Morgan fingerprint density at radius 2 is 1.94 bits per heavy atom. The van der Waals surface area contributed by atoms with Gasteiger partial charge in [0.25, 0.3) is 5.91 Å². The summed E-state index contributed by atoms with van der Waals surface area (Å²) in [5.74, 6) is -0.293. The Bertz CT molecular complexity index is 411. The molecular weight excluding hydrogens is 217 g/mol. The first-order chi connectivity index (χ1) is 7.98. The van der Waals surface area contributed by atoms with Crippen LogP contribution in [0.1, 0.15) is 37.0 Å². The van der Waals surface area contributed by atoms with Gasteiger partial charge in [-0.3, -0.25) is 4.79 Å². The van der Waals surface area contributed by atoms with Crippen LogP contribution in [0.5, 0.6) is 0 Å². The fourth-order valence-corrected chi connectivity index (χ4v) is 2.37. The number of nitrogens with zero attached hydrogens (tertiary/aromatic N) is 1. The molecule has 17 heavy (non-hydrogen) atoms. The van der Waals surface area contributed by atoms with Gasteiger partial charge in [0.2, 0.25) is 0 Å². The Labute approximate surface area is 101 Å². The van der Waals surface area contributed by atoms with E-state index in [0.29, 0.717) is 5.56 Å². The molecule has 1 aromatic carbocycles. The standard InChI is InChI=1S/C14H18FNO/c1-14(2)8-3-9-16(10-14)13(17)11-4-6-12(15)7-5-11/h4-7H,3,8-10H2,1-2H3. The van der Waals surface area contributed by atoms with Crippen LogP contribution in [-0.2, 0) is 0 Å². The highest BCUT2D eigenvalue weighted by Crippen LogP contribution is 2.29. The van der Waals surface area contributed by atoms with Gasteiger partial charge < -0.3 is 4.90 Å². The molecule has 1 aliphatic rings. The van der Waals surface area contributed by atoms with Crippen molar-refractivity contribution in [3.05, 3.63) is 35.6 Å². The number of carbonyl (C=O) groups excluding carboxylic acids is 1. The molecule has 92 valence electrons. The lowest BCUT2D eigenvalue weighted by atomic mass is 9.84. The summed E-state index contributed by atoms with van der Waals surface area (Å²) >= 11 is 0. The molecule has 1 amide bonds. The highest BCUT2D eigenvalue weighted by molar-refractivity contribution is 5.94. The summed E-state index contributed by atoms with van der Waals surface area (Å²) in [5, 5.41) is 0. The van der Waals surface area contributed by atoms with Crippen LogP contribution >= 0.6 is 0 Å². The molecule has 2 nitrogen and oxygen atoms in total. The Kier molecular flexibility index (Phi) is 3.18. The van der Waals surface area contributed by atoms with E-state index in [1.54, 1.807) is 12.1 Å². The van der Waals surface area contributed by atoms with Crippen molar-refractivity contribution in [1.29, 1.82) is 0 Å². The van der Waals surface area contributed by atoms with Gasteiger partial charge in [-0.05, 0) is 42.5 Å². The van der Waals surface area contributed by atoms with Crippen LogP contribution in [0.15, 0.2) is 24.3 Å². The predicted molar refractivity (Wildman–Crippen MR) is 65.3 cm³/mol. The molecule has 0 N–H and O–H groups in total. The van der Waals surface area contributed by atoms with Crippen molar-refractivity contribution in [2.45, 2.75) is 26.7 Å². The lowest BCUT2D eigenvalue weighted by Crippen LogP contribution is -2.43. The third-order valence-corrected chi connectivity index (χ3v) is 3.28. The second-order valence-corrected chi connectivity index (χ2v) is 5.50. The summed E-state index contributed by atoms with van der Waals surface area (Å²) in [6.45, 7) is 5.94. The van der Waals surface area contributed by atoms with Crippen molar-refractivity contribution in [2.24, 2.45) is 5.41 Å². The Hall–Kier alpha value is -1.38. The molecule has 1 aliphatic heterocycles. The number of halogens is 1. The first kappa shape index (κ1) is 12.1. The van der Waals surface area contributed by atoms with Gasteiger partial charge in [0, 0.05) is 18.7 Å². The predicted octanol–water partition coefficient (Wildman–Crippen LogP) is 3.09. The van der Waals surface area contributed by atoms with E-state index in [4.69, 9.17) is 0 Å². The summed E-state index contributed by atoms with van der Waals surface area (Å²) in [4.78, 5) is 14.1. The Balaban J connectivity index is 2.12. The van der Waals surface area contributed by atoms with E-state index in [2.05, 4.69) is 13.8 Å². The molecule has 1 heterocycles. The van der Waals surface area contributed by atoms with Crippen molar-refractivity contribution in [3.8, 4) is 0 Å². The zero-order valence-electron chi connectivity index (χ0n) is 10.4. The smallest absolute Gasteiger partial charge is 0.253 e. The minimum atomic E-state index is -0.305. The molecule has 0 atom stereocenters. The van der Waals surface area contributed by atoms with Gasteiger partial charge >= 0.3 is 0 Å². The van der Waals surface area contributed by atoms with Gasteiger partial charge in [-0.15, -0.1) is 0 Å². The minimum absolute atomic E-state index is 0.0118. The van der Waals surface area contributed by atoms with Crippen LogP contribution in [0.4, 0.5) is 4.39 Å². The third kappa shape index (κ3) is 2.84. The van der Waals surface area contributed by atoms with Crippen LogP contribution in [-0.4, -0.2) is 23.9 Å². The molecule has 1 aromatic rings. The lowest BCUT2D eigenvalue weighted by molar-refractivity contribution is 0.0583. The maximum absolute atomic E-state index is 12.8. The lowest BCUT2D eigenvalue weighted by Gasteiger charge is -2.38. The summed E-state index contributed by atoms with van der Waals surface area (Å²) < 4.78 is 12.8. The van der Waals surface area contributed by atoms with Crippen LogP contribution in [0, 0.1) is 11.2 Å². The van der Waals surface area contributed by atoms with Gasteiger partial charge in [0.05, 0.1) is 0 Å².